The molecule has 33 heavy (non-hydrogen) atoms. The van der Waals surface area contributed by atoms with Crippen molar-refractivity contribution in [2.24, 2.45) is 5.84 Å². The molecule has 0 aliphatic heterocycles. The fraction of sp³-hybridized carbons (Fsp3) is 0. The van der Waals surface area contributed by atoms with E-state index >= 15 is 0 Å². The molecule has 0 aliphatic carbocycles. The maximum atomic E-state index is 5.89. The summed E-state index contributed by atoms with van der Waals surface area (Å²) in [5, 5.41) is 10.2. The predicted molar refractivity (Wildman–Crippen MR) is 135 cm³/mol. The van der Waals surface area contributed by atoms with Crippen LogP contribution in [0.25, 0.3) is 54.2 Å². The number of nitrogens with two attached hydrogens (primary N) is 1. The van der Waals surface area contributed by atoms with Gasteiger partial charge in [-0.05, 0) is 5.56 Å². The maximum Gasteiger partial charge on any atom is 0.162 e. The normalized spacial score (nSPS) is 11.2. The Kier molecular flexibility index (Phi) is 4.75. The van der Waals surface area contributed by atoms with Crippen LogP contribution in [0.1, 0.15) is 0 Å². The minimum atomic E-state index is 0.571. The number of nitrogen functional groups attached to an aromatic ring is 1. The van der Waals surface area contributed by atoms with Crippen molar-refractivity contribution in [2.45, 2.75) is 0 Å². The highest BCUT2D eigenvalue weighted by molar-refractivity contribution is 7.26. The van der Waals surface area contributed by atoms with E-state index in [9.17, 15) is 0 Å². The van der Waals surface area contributed by atoms with E-state index in [1.165, 1.54) is 11.3 Å². The summed E-state index contributed by atoms with van der Waals surface area (Å²) in [5.74, 6) is 7.06. The summed E-state index contributed by atoms with van der Waals surface area (Å²) in [5.41, 5.74) is 8.35. The number of thiophene rings is 1. The van der Waals surface area contributed by atoms with E-state index in [4.69, 9.17) is 10.8 Å². The zero-order valence-electron chi connectivity index (χ0n) is 17.4. The van der Waals surface area contributed by atoms with E-state index in [1.54, 1.807) is 0 Å². The van der Waals surface area contributed by atoms with Gasteiger partial charge in [-0.15, -0.1) is 21.5 Å². The molecule has 0 unspecified atom stereocenters. The summed E-state index contributed by atoms with van der Waals surface area (Å²) in [6.45, 7) is 0. The number of fused-ring (bicyclic) bond motifs is 3. The van der Waals surface area contributed by atoms with Crippen molar-refractivity contribution < 1.29 is 0 Å². The lowest BCUT2D eigenvalue weighted by molar-refractivity contribution is 1.09. The quantitative estimate of drug-likeness (QED) is 0.258. The summed E-state index contributed by atoms with van der Waals surface area (Å²) in [4.78, 5) is 10.5. The Morgan fingerprint density at radius 1 is 0.667 bits per heavy atom. The number of hydrogen-bond donors (Lipinski definition) is 2. The van der Waals surface area contributed by atoms with Crippen molar-refractivity contribution in [2.75, 3.05) is 5.43 Å². The monoisotopic (exact) mass is 446 g/mol. The molecule has 0 saturated carbocycles. The van der Waals surface area contributed by atoms with Crippen molar-refractivity contribution in [1.82, 2.24) is 20.2 Å². The summed E-state index contributed by atoms with van der Waals surface area (Å²) in [6.07, 6.45) is 0. The average molecular weight is 447 g/mol. The van der Waals surface area contributed by atoms with Crippen LogP contribution >= 0.6 is 11.3 Å². The van der Waals surface area contributed by atoms with Gasteiger partial charge in [0, 0.05) is 22.1 Å². The lowest BCUT2D eigenvalue weighted by Crippen LogP contribution is -2.09. The second kappa shape index (κ2) is 8.05. The number of hydrazine groups is 1. The standard InChI is InChI=1S/C26H18N6S/c27-30-25-23-22(28-24(29-25)18-14-8-3-9-15-18)20-19(16-10-4-1-5-11-16)21(31-32-26(20)33-23)17-12-6-2-7-13-17/h1-15H,27H2,(H,28,29,30). The fourth-order valence-corrected chi connectivity index (χ4v) is 5.04. The molecule has 0 saturated heterocycles. The second-order valence-electron chi connectivity index (χ2n) is 7.52. The molecule has 3 aromatic heterocycles. The summed E-state index contributed by atoms with van der Waals surface area (Å²) in [7, 11) is 0. The van der Waals surface area contributed by atoms with Gasteiger partial charge in [0.15, 0.2) is 11.6 Å². The highest BCUT2D eigenvalue weighted by Crippen LogP contribution is 2.44. The van der Waals surface area contributed by atoms with Gasteiger partial charge in [-0.2, -0.15) is 0 Å². The molecular weight excluding hydrogens is 428 g/mol. The van der Waals surface area contributed by atoms with Crippen molar-refractivity contribution in [3.63, 3.8) is 0 Å². The minimum Gasteiger partial charge on any atom is -0.307 e. The smallest absolute Gasteiger partial charge is 0.162 e. The van der Waals surface area contributed by atoms with Crippen molar-refractivity contribution in [1.29, 1.82) is 0 Å². The van der Waals surface area contributed by atoms with E-state index < -0.39 is 0 Å². The number of rotatable bonds is 4. The van der Waals surface area contributed by atoms with Crippen LogP contribution < -0.4 is 11.3 Å². The molecule has 0 aliphatic rings. The predicted octanol–water partition coefficient (Wildman–Crippen LogP) is 5.92. The first-order chi connectivity index (χ1) is 16.3. The molecule has 3 heterocycles. The number of benzene rings is 3. The van der Waals surface area contributed by atoms with Gasteiger partial charge in [-0.1, -0.05) is 91.0 Å². The molecule has 6 nitrogen and oxygen atoms in total. The van der Waals surface area contributed by atoms with Crippen LogP contribution in [0.2, 0.25) is 0 Å². The lowest BCUT2D eigenvalue weighted by Gasteiger charge is -2.11. The Morgan fingerprint density at radius 2 is 1.27 bits per heavy atom. The molecule has 6 rings (SSSR count). The van der Waals surface area contributed by atoms with Crippen LogP contribution in [0, 0.1) is 0 Å². The Hall–Kier alpha value is -4.20. The van der Waals surface area contributed by atoms with Gasteiger partial charge in [0.1, 0.15) is 10.5 Å². The third kappa shape index (κ3) is 3.31. The Balaban J connectivity index is 1.76. The van der Waals surface area contributed by atoms with Gasteiger partial charge >= 0.3 is 0 Å². The zero-order chi connectivity index (χ0) is 22.2. The minimum absolute atomic E-state index is 0.571. The van der Waals surface area contributed by atoms with Gasteiger partial charge in [0.05, 0.1) is 10.2 Å². The van der Waals surface area contributed by atoms with Crippen molar-refractivity contribution >= 4 is 37.6 Å². The van der Waals surface area contributed by atoms with Crippen LogP contribution in [0.3, 0.4) is 0 Å². The first-order valence-corrected chi connectivity index (χ1v) is 11.3. The average Bonchev–Trinajstić information content (AvgIpc) is 3.28. The number of hydrogen-bond acceptors (Lipinski definition) is 7. The first-order valence-electron chi connectivity index (χ1n) is 10.5. The van der Waals surface area contributed by atoms with Gasteiger partial charge in [-0.25, -0.2) is 15.8 Å². The van der Waals surface area contributed by atoms with Crippen LogP contribution in [-0.2, 0) is 0 Å². The van der Waals surface area contributed by atoms with Gasteiger partial charge in [0.25, 0.3) is 0 Å². The van der Waals surface area contributed by atoms with Crippen molar-refractivity contribution in [3.05, 3.63) is 91.0 Å². The Bertz CT molecular complexity index is 1580. The van der Waals surface area contributed by atoms with E-state index in [0.717, 1.165) is 48.4 Å². The molecule has 7 heteroatoms. The molecule has 0 bridgehead atoms. The van der Waals surface area contributed by atoms with E-state index in [1.807, 2.05) is 78.9 Å². The topological polar surface area (TPSA) is 89.6 Å². The molecule has 0 fully saturated rings. The highest BCUT2D eigenvalue weighted by atomic mass is 32.1. The number of anilines is 1. The molecular formula is C26H18N6S. The molecule has 6 aromatic rings. The Morgan fingerprint density at radius 3 is 1.91 bits per heavy atom. The molecule has 158 valence electrons. The van der Waals surface area contributed by atoms with Crippen LogP contribution in [0.5, 0.6) is 0 Å². The SMILES string of the molecule is NNc1nc(-c2ccccc2)nc2c1sc1nnc(-c3ccccc3)c(-c3ccccc3)c12. The number of nitrogens with zero attached hydrogens (tertiary/aromatic N) is 4. The molecule has 3 N–H and O–H groups in total. The number of aromatic nitrogens is 4. The largest absolute Gasteiger partial charge is 0.307 e. The van der Waals surface area contributed by atoms with Crippen LogP contribution in [-0.4, -0.2) is 20.2 Å². The van der Waals surface area contributed by atoms with Crippen LogP contribution in [0.15, 0.2) is 91.0 Å². The fourth-order valence-electron chi connectivity index (χ4n) is 4.02. The van der Waals surface area contributed by atoms with Gasteiger partial charge in [-0.3, -0.25) is 0 Å². The van der Waals surface area contributed by atoms with Crippen molar-refractivity contribution in [3.8, 4) is 33.8 Å². The number of nitrogens with one attached hydrogen (secondary N) is 1. The highest BCUT2D eigenvalue weighted by Gasteiger charge is 2.22. The maximum absolute atomic E-state index is 5.89. The third-order valence-electron chi connectivity index (χ3n) is 5.52. The molecule has 0 atom stereocenters. The van der Waals surface area contributed by atoms with E-state index in [-0.39, 0.29) is 0 Å². The van der Waals surface area contributed by atoms with Gasteiger partial charge < -0.3 is 5.43 Å². The van der Waals surface area contributed by atoms with E-state index in [0.29, 0.717) is 11.6 Å². The Labute approximate surface area is 193 Å². The first kappa shape index (κ1) is 19.5. The molecule has 0 radical (unpaired) electrons. The van der Waals surface area contributed by atoms with E-state index in [2.05, 4.69) is 32.7 Å². The lowest BCUT2D eigenvalue weighted by atomic mass is 9.97. The molecule has 0 amide bonds. The second-order valence-corrected chi connectivity index (χ2v) is 8.52. The third-order valence-corrected chi connectivity index (χ3v) is 6.59. The molecule has 0 spiro atoms. The summed E-state index contributed by atoms with van der Waals surface area (Å²) in [6, 6.07) is 30.3. The molecule has 3 aromatic carbocycles. The van der Waals surface area contributed by atoms with Crippen LogP contribution in [0.4, 0.5) is 5.82 Å². The summed E-state index contributed by atoms with van der Waals surface area (Å²) < 4.78 is 0.851. The summed E-state index contributed by atoms with van der Waals surface area (Å²) >= 11 is 1.49. The zero-order valence-corrected chi connectivity index (χ0v) is 18.3. The van der Waals surface area contributed by atoms with Gasteiger partial charge in [0.2, 0.25) is 0 Å².